The normalized spacial score (nSPS) is 18.0. The highest BCUT2D eigenvalue weighted by molar-refractivity contribution is 6.10. The van der Waals surface area contributed by atoms with Crippen LogP contribution in [0.4, 0.5) is 5.69 Å². The molecule has 2 atom stereocenters. The summed E-state index contributed by atoms with van der Waals surface area (Å²) >= 11 is 0. The molecule has 1 heterocycles. The van der Waals surface area contributed by atoms with Crippen molar-refractivity contribution in [3.63, 3.8) is 0 Å². The number of dihydropyridines is 1. The van der Waals surface area contributed by atoms with Gasteiger partial charge in [-0.25, -0.2) is 0 Å². The number of nitrogens with one attached hydrogen (secondary N) is 2. The van der Waals surface area contributed by atoms with E-state index in [9.17, 15) is 9.59 Å². The van der Waals surface area contributed by atoms with Crippen molar-refractivity contribution in [3.8, 4) is 23.0 Å². The molecule has 0 bridgehead atoms. The Kier molecular flexibility index (Phi) is 8.76. The second kappa shape index (κ2) is 12.7. The van der Waals surface area contributed by atoms with Gasteiger partial charge >= 0.3 is 0 Å². The first-order valence-corrected chi connectivity index (χ1v) is 14.4. The van der Waals surface area contributed by atoms with Gasteiger partial charge in [-0.15, -0.1) is 0 Å². The molecule has 0 saturated carbocycles. The van der Waals surface area contributed by atoms with E-state index in [1.165, 1.54) is 0 Å². The summed E-state index contributed by atoms with van der Waals surface area (Å²) in [5.41, 5.74) is 6.15. The number of ketones is 1. The van der Waals surface area contributed by atoms with Crippen molar-refractivity contribution in [1.29, 1.82) is 0 Å². The molecule has 1 aliphatic carbocycles. The molecule has 5 rings (SSSR count). The average molecular weight is 583 g/mol. The Bertz CT molecular complexity index is 1610. The Hall–Kier alpha value is -4.72. The summed E-state index contributed by atoms with van der Waals surface area (Å²) in [4.78, 5) is 28.0. The van der Waals surface area contributed by atoms with E-state index >= 15 is 0 Å². The smallest absolute Gasteiger partial charge is 0.254 e. The number of benzene rings is 3. The summed E-state index contributed by atoms with van der Waals surface area (Å²) in [5.74, 6) is 1.46. The largest absolute Gasteiger partial charge is 0.493 e. The molecule has 0 unspecified atom stereocenters. The number of ether oxygens (including phenoxy) is 4. The molecule has 0 spiro atoms. The Morgan fingerprint density at radius 3 is 2.14 bits per heavy atom. The number of rotatable bonds is 9. The number of carbonyl (C=O) groups excluding carboxylic acids is 2. The van der Waals surface area contributed by atoms with Gasteiger partial charge in [0.1, 0.15) is 0 Å². The summed E-state index contributed by atoms with van der Waals surface area (Å²) < 4.78 is 22.3. The summed E-state index contributed by atoms with van der Waals surface area (Å²) in [6.45, 7) is 6.28. The van der Waals surface area contributed by atoms with Crippen molar-refractivity contribution in [2.45, 2.75) is 45.4 Å². The number of aryl methyl sites for hydroxylation is 1. The van der Waals surface area contributed by atoms with Crippen LogP contribution in [-0.2, 0) is 9.59 Å². The van der Waals surface area contributed by atoms with E-state index in [4.69, 9.17) is 18.9 Å². The lowest BCUT2D eigenvalue weighted by molar-refractivity contribution is -0.116. The van der Waals surface area contributed by atoms with Crippen LogP contribution in [0.2, 0.25) is 0 Å². The maximum absolute atomic E-state index is 14.1. The SMILES string of the molecule is CCOc1ccc([C@@H]2C(C(=O)Nc3ccc(C)cc3)=C(C)NC3=C2C(=O)C[C@H](c2ccc(OC)c(OC)c2)C3)cc1OC. The molecule has 8 heteroatoms. The third-order valence-corrected chi connectivity index (χ3v) is 8.08. The van der Waals surface area contributed by atoms with E-state index in [0.29, 0.717) is 65.0 Å². The maximum Gasteiger partial charge on any atom is 0.254 e. The van der Waals surface area contributed by atoms with Gasteiger partial charge in [0.15, 0.2) is 28.8 Å². The number of hydrogen-bond donors (Lipinski definition) is 2. The number of hydrogen-bond acceptors (Lipinski definition) is 7. The predicted octanol–water partition coefficient (Wildman–Crippen LogP) is 6.42. The van der Waals surface area contributed by atoms with Crippen molar-refractivity contribution in [2.24, 2.45) is 0 Å². The summed E-state index contributed by atoms with van der Waals surface area (Å²) in [6.07, 6.45) is 0.901. The van der Waals surface area contributed by atoms with Crippen LogP contribution in [0.1, 0.15) is 55.2 Å². The van der Waals surface area contributed by atoms with Crippen LogP contribution >= 0.6 is 0 Å². The lowest BCUT2D eigenvalue weighted by atomic mass is 9.71. The zero-order chi connectivity index (χ0) is 30.7. The van der Waals surface area contributed by atoms with E-state index in [-0.39, 0.29) is 17.6 Å². The highest BCUT2D eigenvalue weighted by Crippen LogP contribution is 2.47. The Morgan fingerprint density at radius 1 is 0.837 bits per heavy atom. The van der Waals surface area contributed by atoms with Crippen molar-refractivity contribution < 1.29 is 28.5 Å². The zero-order valence-electron chi connectivity index (χ0n) is 25.5. The summed E-state index contributed by atoms with van der Waals surface area (Å²) in [7, 11) is 4.78. The van der Waals surface area contributed by atoms with Crippen LogP contribution in [0.5, 0.6) is 23.0 Å². The van der Waals surface area contributed by atoms with Crippen LogP contribution in [-0.4, -0.2) is 39.6 Å². The monoisotopic (exact) mass is 582 g/mol. The van der Waals surface area contributed by atoms with Crippen molar-refractivity contribution in [1.82, 2.24) is 5.32 Å². The third kappa shape index (κ3) is 5.95. The van der Waals surface area contributed by atoms with Crippen LogP contribution in [0, 0.1) is 6.92 Å². The maximum atomic E-state index is 14.1. The van der Waals surface area contributed by atoms with E-state index in [0.717, 1.165) is 22.4 Å². The molecule has 0 saturated heterocycles. The van der Waals surface area contributed by atoms with Gasteiger partial charge in [0, 0.05) is 40.6 Å². The second-order valence-corrected chi connectivity index (χ2v) is 10.8. The van der Waals surface area contributed by atoms with Gasteiger partial charge in [-0.1, -0.05) is 29.8 Å². The number of anilines is 1. The average Bonchev–Trinajstić information content (AvgIpc) is 3.01. The second-order valence-electron chi connectivity index (χ2n) is 10.8. The molecule has 3 aromatic carbocycles. The predicted molar refractivity (Wildman–Crippen MR) is 166 cm³/mol. The Morgan fingerprint density at radius 2 is 1.47 bits per heavy atom. The number of Topliss-reactive ketones (excluding diaryl/α,β-unsaturated/α-hetero) is 1. The molecule has 0 fully saturated rings. The van der Waals surface area contributed by atoms with Crippen molar-refractivity contribution in [3.05, 3.63) is 99.9 Å². The quantitative estimate of drug-likeness (QED) is 0.301. The topological polar surface area (TPSA) is 95.1 Å². The van der Waals surface area contributed by atoms with Gasteiger partial charge in [0.05, 0.1) is 27.9 Å². The molecule has 8 nitrogen and oxygen atoms in total. The Balaban J connectivity index is 1.58. The van der Waals surface area contributed by atoms with Gasteiger partial charge in [0.25, 0.3) is 5.91 Å². The zero-order valence-corrected chi connectivity index (χ0v) is 25.5. The van der Waals surface area contributed by atoms with E-state index in [2.05, 4.69) is 10.6 Å². The van der Waals surface area contributed by atoms with Crippen molar-refractivity contribution in [2.75, 3.05) is 33.3 Å². The molecule has 224 valence electrons. The molecule has 0 radical (unpaired) electrons. The molecule has 3 aromatic rings. The summed E-state index contributed by atoms with van der Waals surface area (Å²) in [5, 5.41) is 6.50. The molecule has 43 heavy (non-hydrogen) atoms. The molecule has 2 aliphatic rings. The first-order valence-electron chi connectivity index (χ1n) is 14.4. The van der Waals surface area contributed by atoms with Crippen LogP contribution in [0.25, 0.3) is 0 Å². The first-order chi connectivity index (χ1) is 20.8. The van der Waals surface area contributed by atoms with Gasteiger partial charge in [-0.05, 0) is 80.6 Å². The standard InChI is InChI=1S/C35H38N2O6/c1-7-43-29-15-11-23(19-31(29)42-6)33-32(35(39)37-25-12-8-20(2)9-13-25)21(3)36-26-16-24(17-27(38)34(26)33)22-10-14-28(40-4)30(18-22)41-5/h8-15,18-19,24,33,36H,7,16-17H2,1-6H3,(H,37,39)/t24-,33-/m1/s1. The first kappa shape index (κ1) is 29.8. The molecule has 0 aromatic heterocycles. The fourth-order valence-electron chi connectivity index (χ4n) is 5.99. The van der Waals surface area contributed by atoms with Gasteiger partial charge < -0.3 is 29.6 Å². The van der Waals surface area contributed by atoms with E-state index < -0.39 is 5.92 Å². The number of methoxy groups -OCH3 is 3. The fraction of sp³-hybridized carbons (Fsp3) is 0.314. The molecule has 1 amide bonds. The molecular weight excluding hydrogens is 544 g/mol. The Labute approximate surface area is 252 Å². The minimum Gasteiger partial charge on any atom is -0.493 e. The molecule has 2 N–H and O–H groups in total. The van der Waals surface area contributed by atoms with Gasteiger partial charge in [-0.3, -0.25) is 9.59 Å². The lowest BCUT2D eigenvalue weighted by Crippen LogP contribution is -2.37. The van der Waals surface area contributed by atoms with Crippen molar-refractivity contribution >= 4 is 17.4 Å². The number of allylic oxidation sites excluding steroid dienone is 3. The summed E-state index contributed by atoms with van der Waals surface area (Å²) in [6, 6.07) is 19.0. The number of carbonyl (C=O) groups is 2. The highest BCUT2D eigenvalue weighted by atomic mass is 16.5. The van der Waals surface area contributed by atoms with Crippen LogP contribution in [0.15, 0.2) is 83.2 Å². The highest BCUT2D eigenvalue weighted by Gasteiger charge is 2.41. The minimum atomic E-state index is -0.592. The molecule has 1 aliphatic heterocycles. The van der Waals surface area contributed by atoms with E-state index in [1.807, 2.05) is 81.4 Å². The minimum absolute atomic E-state index is 0.0143. The van der Waals surface area contributed by atoms with E-state index in [1.54, 1.807) is 21.3 Å². The number of amides is 1. The third-order valence-electron chi connectivity index (χ3n) is 8.08. The fourth-order valence-corrected chi connectivity index (χ4v) is 5.99. The van der Waals surface area contributed by atoms with Gasteiger partial charge in [-0.2, -0.15) is 0 Å². The van der Waals surface area contributed by atoms with Gasteiger partial charge in [0.2, 0.25) is 0 Å². The molecular formula is C35H38N2O6. The van der Waals surface area contributed by atoms with Crippen LogP contribution in [0.3, 0.4) is 0 Å². The lowest BCUT2D eigenvalue weighted by Gasteiger charge is -2.37. The van der Waals surface area contributed by atoms with Crippen LogP contribution < -0.4 is 29.6 Å².